The summed E-state index contributed by atoms with van der Waals surface area (Å²) in [5.74, 6) is -2.20. The molecule has 1 amide bonds. The Morgan fingerprint density at radius 2 is 1.73 bits per heavy atom. The number of hydrogen-bond acceptors (Lipinski definition) is 8. The fourth-order valence-electron chi connectivity index (χ4n) is 6.80. The molecule has 1 saturated heterocycles. The van der Waals surface area contributed by atoms with Crippen LogP contribution in [0.1, 0.15) is 112 Å². The largest absolute Gasteiger partial charge is 0.472 e. The highest BCUT2D eigenvalue weighted by atomic mass is 16.5. The molecule has 0 radical (unpaired) electrons. The molecule has 1 aliphatic heterocycles. The molecule has 1 aromatic heterocycles. The number of carbonyl (C=O) groups excluding carboxylic acids is 5. The summed E-state index contributed by atoms with van der Waals surface area (Å²) in [5, 5.41) is 11.2. The number of carbonyl (C=O) groups is 5. The van der Waals surface area contributed by atoms with Gasteiger partial charge >= 0.3 is 0 Å². The van der Waals surface area contributed by atoms with Crippen molar-refractivity contribution in [2.45, 2.75) is 125 Å². The molecule has 0 unspecified atom stereocenters. The van der Waals surface area contributed by atoms with Crippen molar-refractivity contribution < 1.29 is 33.8 Å². The minimum atomic E-state index is -0.869. The molecule has 262 valence electrons. The zero-order valence-electron chi connectivity index (χ0n) is 29.8. The van der Waals surface area contributed by atoms with Gasteiger partial charge in [0.2, 0.25) is 17.6 Å². The van der Waals surface area contributed by atoms with E-state index in [4.69, 9.17) is 4.74 Å². The second-order valence-corrected chi connectivity index (χ2v) is 16.3. The standard InChI is InChI=1S/C39H54N2O7/c1-8-9-27(35(46)34(45)17-24-10-11-24)18-33(44)32-20-29(48-36-30-13-12-25(23-42)16-26(30)14-15-40-36)22-41(32)37(47)31(39(5,6)7)19-28(43)21-38(2,3)4/h12-16,24,27,29,31-32,42H,8-11,17-23H2,1-7H3/t27-,29-,31-,32+/m1/s1. The Balaban J connectivity index is 1.63. The minimum Gasteiger partial charge on any atom is -0.472 e. The van der Waals surface area contributed by atoms with Crippen LogP contribution in [0.15, 0.2) is 30.5 Å². The van der Waals surface area contributed by atoms with Crippen LogP contribution in [0.4, 0.5) is 0 Å². The third-order valence-electron chi connectivity index (χ3n) is 9.57. The maximum Gasteiger partial charge on any atom is 0.227 e. The summed E-state index contributed by atoms with van der Waals surface area (Å²) in [5.41, 5.74) is -0.0345. The second kappa shape index (κ2) is 15.4. The van der Waals surface area contributed by atoms with E-state index in [1.807, 2.05) is 66.7 Å². The second-order valence-electron chi connectivity index (χ2n) is 16.3. The van der Waals surface area contributed by atoms with E-state index in [2.05, 4.69) is 4.98 Å². The summed E-state index contributed by atoms with van der Waals surface area (Å²) in [7, 11) is 0. The Morgan fingerprint density at radius 3 is 2.33 bits per heavy atom. The van der Waals surface area contributed by atoms with E-state index in [1.54, 1.807) is 17.2 Å². The van der Waals surface area contributed by atoms with Crippen LogP contribution in [0.2, 0.25) is 0 Å². The monoisotopic (exact) mass is 662 g/mol. The summed E-state index contributed by atoms with van der Waals surface area (Å²) >= 11 is 0. The highest BCUT2D eigenvalue weighted by molar-refractivity contribution is 6.38. The molecule has 4 rings (SSSR count). The van der Waals surface area contributed by atoms with E-state index >= 15 is 0 Å². The van der Waals surface area contributed by atoms with Crippen LogP contribution in [-0.2, 0) is 30.6 Å². The van der Waals surface area contributed by atoms with Crippen LogP contribution in [-0.4, -0.2) is 62.7 Å². The maximum atomic E-state index is 14.5. The number of benzene rings is 1. The third kappa shape index (κ3) is 9.80. The van der Waals surface area contributed by atoms with Gasteiger partial charge < -0.3 is 14.7 Å². The van der Waals surface area contributed by atoms with E-state index in [0.29, 0.717) is 25.1 Å². The number of likely N-dealkylation sites (tertiary alicyclic amines) is 1. The smallest absolute Gasteiger partial charge is 0.227 e. The quantitative estimate of drug-likeness (QED) is 0.203. The normalized spacial score (nSPS) is 19.6. The lowest BCUT2D eigenvalue weighted by Crippen LogP contribution is -2.48. The predicted octanol–water partition coefficient (Wildman–Crippen LogP) is 6.45. The molecule has 0 bridgehead atoms. The molecule has 1 saturated carbocycles. The molecule has 0 spiro atoms. The minimum absolute atomic E-state index is 0.00404. The van der Waals surface area contributed by atoms with Gasteiger partial charge in [-0.2, -0.15) is 0 Å². The van der Waals surface area contributed by atoms with Gasteiger partial charge in [0.1, 0.15) is 11.9 Å². The highest BCUT2D eigenvalue weighted by Gasteiger charge is 2.46. The van der Waals surface area contributed by atoms with Gasteiger partial charge in [-0.05, 0) is 65.2 Å². The van der Waals surface area contributed by atoms with Crippen molar-refractivity contribution in [2.75, 3.05) is 6.54 Å². The van der Waals surface area contributed by atoms with Crippen molar-refractivity contribution >= 4 is 39.8 Å². The van der Waals surface area contributed by atoms with Gasteiger partial charge in [0.15, 0.2) is 11.6 Å². The lowest BCUT2D eigenvalue weighted by Gasteiger charge is -2.35. The first kappa shape index (κ1) is 37.4. The third-order valence-corrected chi connectivity index (χ3v) is 9.57. The van der Waals surface area contributed by atoms with Crippen molar-refractivity contribution in [1.82, 2.24) is 9.88 Å². The number of amides is 1. The number of hydrogen-bond donors (Lipinski definition) is 1. The number of rotatable bonds is 16. The first-order chi connectivity index (χ1) is 22.5. The van der Waals surface area contributed by atoms with Crippen molar-refractivity contribution in [2.24, 2.45) is 28.6 Å². The molecule has 1 aliphatic carbocycles. The van der Waals surface area contributed by atoms with Crippen molar-refractivity contribution in [1.29, 1.82) is 0 Å². The van der Waals surface area contributed by atoms with Crippen LogP contribution in [0.25, 0.3) is 10.8 Å². The highest BCUT2D eigenvalue weighted by Crippen LogP contribution is 2.37. The number of ether oxygens (including phenoxy) is 1. The summed E-state index contributed by atoms with van der Waals surface area (Å²) in [4.78, 5) is 73.9. The van der Waals surface area contributed by atoms with Crippen molar-refractivity contribution in [3.63, 3.8) is 0 Å². The van der Waals surface area contributed by atoms with Crippen molar-refractivity contribution in [3.05, 3.63) is 36.0 Å². The fraction of sp³-hybridized carbons (Fsp3) is 0.641. The number of aliphatic hydroxyl groups excluding tert-OH is 1. The van der Waals surface area contributed by atoms with Crippen LogP contribution < -0.4 is 4.74 Å². The summed E-state index contributed by atoms with van der Waals surface area (Å²) in [6.07, 6.45) is 4.75. The SMILES string of the molecule is CCC[C@H](CC(=O)[C@@H]1C[C@@H](Oc2nccc3cc(CO)ccc23)CN1C(=O)[C@@H](CC(=O)CC(C)(C)C)C(C)(C)C)C(=O)C(=O)CC1CC1. The number of Topliss-reactive ketones (excluding diaryl/α,β-unsaturated/α-hetero) is 4. The number of aliphatic hydroxyl groups is 1. The Bertz CT molecular complexity index is 1510. The first-order valence-electron chi connectivity index (χ1n) is 17.6. The lowest BCUT2D eigenvalue weighted by molar-refractivity contribution is -0.146. The van der Waals surface area contributed by atoms with Gasteiger partial charge in [0.05, 0.1) is 19.2 Å². The molecule has 1 N–H and O–H groups in total. The molecule has 9 heteroatoms. The van der Waals surface area contributed by atoms with Crippen LogP contribution in [0.3, 0.4) is 0 Å². The average molecular weight is 663 g/mol. The maximum absolute atomic E-state index is 14.5. The van der Waals surface area contributed by atoms with E-state index in [-0.39, 0.29) is 67.6 Å². The average Bonchev–Trinajstić information content (AvgIpc) is 3.72. The van der Waals surface area contributed by atoms with E-state index in [1.165, 1.54) is 0 Å². The molecule has 1 aromatic carbocycles. The van der Waals surface area contributed by atoms with Gasteiger partial charge in [-0.15, -0.1) is 0 Å². The summed E-state index contributed by atoms with van der Waals surface area (Å²) in [6.45, 7) is 13.7. The topological polar surface area (TPSA) is 131 Å². The first-order valence-corrected chi connectivity index (χ1v) is 17.6. The number of ketones is 4. The fourth-order valence-corrected chi connectivity index (χ4v) is 6.80. The molecular weight excluding hydrogens is 608 g/mol. The number of nitrogens with zero attached hydrogens (tertiary/aromatic N) is 2. The Hall–Kier alpha value is -3.46. The number of pyridine rings is 1. The zero-order chi connectivity index (χ0) is 35.4. The van der Waals surface area contributed by atoms with Gasteiger partial charge in [-0.1, -0.05) is 61.0 Å². The van der Waals surface area contributed by atoms with Crippen LogP contribution >= 0.6 is 0 Å². The summed E-state index contributed by atoms with van der Waals surface area (Å²) < 4.78 is 6.42. The van der Waals surface area contributed by atoms with Crippen LogP contribution in [0, 0.1) is 28.6 Å². The summed E-state index contributed by atoms with van der Waals surface area (Å²) in [6, 6.07) is 6.45. The van der Waals surface area contributed by atoms with Crippen LogP contribution in [0.5, 0.6) is 5.88 Å². The van der Waals surface area contributed by atoms with Gasteiger partial charge in [-0.3, -0.25) is 24.0 Å². The van der Waals surface area contributed by atoms with Gasteiger partial charge in [0, 0.05) is 55.5 Å². The van der Waals surface area contributed by atoms with Crippen molar-refractivity contribution in [3.8, 4) is 5.88 Å². The van der Waals surface area contributed by atoms with Gasteiger partial charge in [0.25, 0.3) is 0 Å². The molecular formula is C39H54N2O7. The molecule has 4 atom stereocenters. The molecule has 2 heterocycles. The Morgan fingerprint density at radius 1 is 1.02 bits per heavy atom. The zero-order valence-corrected chi connectivity index (χ0v) is 29.8. The Kier molecular flexibility index (Phi) is 12.0. The molecule has 2 aliphatic rings. The van der Waals surface area contributed by atoms with E-state index in [0.717, 1.165) is 29.2 Å². The predicted molar refractivity (Wildman–Crippen MR) is 184 cm³/mol. The van der Waals surface area contributed by atoms with E-state index in [9.17, 15) is 29.1 Å². The molecule has 48 heavy (non-hydrogen) atoms. The molecule has 2 aromatic rings. The molecule has 2 fully saturated rings. The number of aromatic nitrogens is 1. The lowest BCUT2D eigenvalue weighted by atomic mass is 9.75. The number of fused-ring (bicyclic) bond motifs is 1. The Labute approximate surface area is 285 Å². The van der Waals surface area contributed by atoms with E-state index < -0.39 is 41.0 Å². The van der Waals surface area contributed by atoms with Gasteiger partial charge in [-0.25, -0.2) is 4.98 Å². The molecule has 9 nitrogen and oxygen atoms in total.